The molecule has 0 aromatic heterocycles. The van der Waals surface area contributed by atoms with Crippen molar-refractivity contribution in [1.82, 2.24) is 4.90 Å². The largest absolute Gasteiger partial charge is 0.342 e. The lowest BCUT2D eigenvalue weighted by Gasteiger charge is -2.27. The summed E-state index contributed by atoms with van der Waals surface area (Å²) >= 11 is 0. The van der Waals surface area contributed by atoms with Crippen LogP contribution in [0.15, 0.2) is 0 Å². The first-order valence-electron chi connectivity index (χ1n) is 6.94. The summed E-state index contributed by atoms with van der Waals surface area (Å²) in [6, 6.07) is 0. The zero-order valence-electron chi connectivity index (χ0n) is 11.2. The van der Waals surface area contributed by atoms with E-state index in [1.54, 1.807) is 0 Å². The van der Waals surface area contributed by atoms with Gasteiger partial charge < -0.3 is 4.90 Å². The van der Waals surface area contributed by atoms with Crippen LogP contribution < -0.4 is 0 Å². The summed E-state index contributed by atoms with van der Waals surface area (Å²) in [6.45, 7) is 8.48. The highest BCUT2D eigenvalue weighted by Gasteiger charge is 2.27. The van der Waals surface area contributed by atoms with Crippen molar-refractivity contribution in [2.75, 3.05) is 13.1 Å². The number of hydrogen-bond acceptors (Lipinski definition) is 1. The molecule has 0 heterocycles. The summed E-state index contributed by atoms with van der Waals surface area (Å²) in [5, 5.41) is 0. The molecule has 1 rings (SSSR count). The Balaban J connectivity index is 2.48. The molecule has 0 spiro atoms. The summed E-state index contributed by atoms with van der Waals surface area (Å²) in [5.41, 5.74) is 0. The maximum absolute atomic E-state index is 12.3. The Morgan fingerprint density at radius 1 is 1.31 bits per heavy atom. The molecule has 2 nitrogen and oxygen atoms in total. The number of carbonyl (C=O) groups excluding carboxylic acids is 1. The second kappa shape index (κ2) is 6.93. The molecule has 1 amide bonds. The fourth-order valence-electron chi connectivity index (χ4n) is 2.51. The lowest BCUT2D eigenvalue weighted by molar-refractivity contribution is -0.136. The first-order chi connectivity index (χ1) is 7.65. The Morgan fingerprint density at radius 2 is 1.94 bits per heavy atom. The van der Waals surface area contributed by atoms with E-state index in [1.165, 1.54) is 19.3 Å². The van der Waals surface area contributed by atoms with Crippen LogP contribution >= 0.6 is 0 Å². The van der Waals surface area contributed by atoms with Crippen molar-refractivity contribution in [3.8, 4) is 0 Å². The molecule has 0 unspecified atom stereocenters. The molecule has 0 aromatic carbocycles. The van der Waals surface area contributed by atoms with Crippen LogP contribution in [-0.2, 0) is 4.79 Å². The highest BCUT2D eigenvalue weighted by molar-refractivity contribution is 5.79. The minimum absolute atomic E-state index is 0.343. The molecule has 2 heteroatoms. The van der Waals surface area contributed by atoms with Crippen molar-refractivity contribution in [3.63, 3.8) is 0 Å². The first kappa shape index (κ1) is 13.5. The van der Waals surface area contributed by atoms with Crippen LogP contribution in [0.2, 0.25) is 0 Å². The Morgan fingerprint density at radius 3 is 2.44 bits per heavy atom. The number of hydrogen-bond donors (Lipinski definition) is 0. The van der Waals surface area contributed by atoms with Crippen molar-refractivity contribution in [3.05, 3.63) is 0 Å². The van der Waals surface area contributed by atoms with Gasteiger partial charge in [-0.1, -0.05) is 40.0 Å². The SMILES string of the molecule is CCCCN(CC(C)C)C(=O)C1CCCC1. The van der Waals surface area contributed by atoms with Gasteiger partial charge in [-0.3, -0.25) is 4.79 Å². The number of nitrogens with zero attached hydrogens (tertiary/aromatic N) is 1. The van der Waals surface area contributed by atoms with Gasteiger partial charge in [0, 0.05) is 19.0 Å². The fraction of sp³-hybridized carbons (Fsp3) is 0.929. The molecule has 0 saturated heterocycles. The number of rotatable bonds is 6. The minimum Gasteiger partial charge on any atom is -0.342 e. The van der Waals surface area contributed by atoms with Gasteiger partial charge in [-0.25, -0.2) is 0 Å². The molecule has 0 radical (unpaired) electrons. The van der Waals surface area contributed by atoms with Gasteiger partial charge >= 0.3 is 0 Å². The van der Waals surface area contributed by atoms with Gasteiger partial charge in [-0.15, -0.1) is 0 Å². The minimum atomic E-state index is 0.343. The van der Waals surface area contributed by atoms with E-state index in [9.17, 15) is 4.79 Å². The first-order valence-corrected chi connectivity index (χ1v) is 6.94. The van der Waals surface area contributed by atoms with Crippen molar-refractivity contribution in [1.29, 1.82) is 0 Å². The molecule has 1 aliphatic rings. The lowest BCUT2D eigenvalue weighted by Crippen LogP contribution is -2.38. The molecule has 0 aromatic rings. The average Bonchev–Trinajstić information content (AvgIpc) is 2.76. The lowest BCUT2D eigenvalue weighted by atomic mass is 10.1. The van der Waals surface area contributed by atoms with Gasteiger partial charge in [-0.2, -0.15) is 0 Å². The smallest absolute Gasteiger partial charge is 0.225 e. The third-order valence-corrected chi connectivity index (χ3v) is 3.38. The zero-order chi connectivity index (χ0) is 12.0. The predicted molar refractivity (Wildman–Crippen MR) is 68.3 cm³/mol. The van der Waals surface area contributed by atoms with E-state index in [2.05, 4.69) is 25.7 Å². The summed E-state index contributed by atoms with van der Waals surface area (Å²) in [6.07, 6.45) is 7.07. The van der Waals surface area contributed by atoms with Gasteiger partial charge in [0.15, 0.2) is 0 Å². The number of unbranched alkanes of at least 4 members (excludes halogenated alkanes) is 1. The standard InChI is InChI=1S/C14H27NO/c1-4-5-10-15(11-12(2)3)14(16)13-8-6-7-9-13/h12-13H,4-11H2,1-3H3. The zero-order valence-corrected chi connectivity index (χ0v) is 11.2. The monoisotopic (exact) mass is 225 g/mol. The quantitative estimate of drug-likeness (QED) is 0.678. The van der Waals surface area contributed by atoms with Crippen LogP contribution in [0.3, 0.4) is 0 Å². The molecule has 0 atom stereocenters. The molecule has 94 valence electrons. The molecule has 0 N–H and O–H groups in total. The van der Waals surface area contributed by atoms with Crippen molar-refractivity contribution >= 4 is 5.91 Å². The van der Waals surface area contributed by atoms with Gasteiger partial charge in [0.2, 0.25) is 5.91 Å². The van der Waals surface area contributed by atoms with Crippen LogP contribution in [0.1, 0.15) is 59.3 Å². The van der Waals surface area contributed by atoms with Crippen LogP contribution in [-0.4, -0.2) is 23.9 Å². The van der Waals surface area contributed by atoms with E-state index in [-0.39, 0.29) is 0 Å². The molecule has 0 aliphatic heterocycles. The van der Waals surface area contributed by atoms with Gasteiger partial charge in [0.05, 0.1) is 0 Å². The molecule has 16 heavy (non-hydrogen) atoms. The number of amides is 1. The molecule has 1 saturated carbocycles. The fourth-order valence-corrected chi connectivity index (χ4v) is 2.51. The van der Waals surface area contributed by atoms with Crippen LogP contribution in [0.4, 0.5) is 0 Å². The Bertz CT molecular complexity index is 207. The molecular weight excluding hydrogens is 198 g/mol. The van der Waals surface area contributed by atoms with Crippen LogP contribution in [0, 0.1) is 11.8 Å². The third kappa shape index (κ3) is 4.15. The maximum atomic E-state index is 12.3. The van der Waals surface area contributed by atoms with E-state index in [4.69, 9.17) is 0 Å². The second-order valence-electron chi connectivity index (χ2n) is 5.51. The average molecular weight is 225 g/mol. The van der Waals surface area contributed by atoms with E-state index in [1.807, 2.05) is 0 Å². The van der Waals surface area contributed by atoms with Crippen LogP contribution in [0.25, 0.3) is 0 Å². The predicted octanol–water partition coefficient (Wildman–Crippen LogP) is 3.46. The van der Waals surface area contributed by atoms with E-state index < -0.39 is 0 Å². The van der Waals surface area contributed by atoms with Crippen molar-refractivity contribution in [2.45, 2.75) is 59.3 Å². The molecule has 1 fully saturated rings. The van der Waals surface area contributed by atoms with Crippen LogP contribution in [0.5, 0.6) is 0 Å². The van der Waals surface area contributed by atoms with Crippen molar-refractivity contribution in [2.24, 2.45) is 11.8 Å². The molecular formula is C14H27NO. The van der Waals surface area contributed by atoms with Gasteiger partial charge in [0.25, 0.3) is 0 Å². The third-order valence-electron chi connectivity index (χ3n) is 3.38. The summed E-state index contributed by atoms with van der Waals surface area (Å²) in [7, 11) is 0. The number of carbonyl (C=O) groups is 1. The summed E-state index contributed by atoms with van der Waals surface area (Å²) in [4.78, 5) is 14.4. The second-order valence-corrected chi connectivity index (χ2v) is 5.51. The Labute approximate surface area is 100 Å². The maximum Gasteiger partial charge on any atom is 0.225 e. The molecule has 1 aliphatic carbocycles. The van der Waals surface area contributed by atoms with E-state index in [0.29, 0.717) is 17.7 Å². The highest BCUT2D eigenvalue weighted by Crippen LogP contribution is 2.26. The van der Waals surface area contributed by atoms with E-state index in [0.717, 1.165) is 32.4 Å². The Kier molecular flexibility index (Phi) is 5.86. The van der Waals surface area contributed by atoms with Gasteiger partial charge in [0.1, 0.15) is 0 Å². The summed E-state index contributed by atoms with van der Waals surface area (Å²) < 4.78 is 0. The summed E-state index contributed by atoms with van der Waals surface area (Å²) in [5.74, 6) is 1.36. The molecule has 0 bridgehead atoms. The van der Waals surface area contributed by atoms with E-state index >= 15 is 0 Å². The van der Waals surface area contributed by atoms with Gasteiger partial charge in [-0.05, 0) is 25.2 Å². The van der Waals surface area contributed by atoms with Crippen molar-refractivity contribution < 1.29 is 4.79 Å². The topological polar surface area (TPSA) is 20.3 Å². The Hall–Kier alpha value is -0.530. The normalized spacial score (nSPS) is 17.0. The highest BCUT2D eigenvalue weighted by atomic mass is 16.2.